The van der Waals surface area contributed by atoms with Crippen LogP contribution in [-0.2, 0) is 4.74 Å². The lowest BCUT2D eigenvalue weighted by molar-refractivity contribution is -0.0410. The van der Waals surface area contributed by atoms with Crippen LogP contribution in [0.2, 0.25) is 0 Å². The van der Waals surface area contributed by atoms with Crippen LogP contribution in [0, 0.1) is 0 Å². The van der Waals surface area contributed by atoms with Crippen LogP contribution in [0.3, 0.4) is 0 Å². The number of ether oxygens (including phenoxy) is 1. The molecule has 0 aliphatic carbocycles. The first-order valence-electron chi connectivity index (χ1n) is 6.15. The Balaban J connectivity index is 2.56. The zero-order valence-electron chi connectivity index (χ0n) is 10.9. The summed E-state index contributed by atoms with van der Waals surface area (Å²) in [4.78, 5) is 24.8. The van der Waals surface area contributed by atoms with Crippen molar-refractivity contribution in [2.24, 2.45) is 0 Å². The Hall–Kier alpha value is -1.95. The van der Waals surface area contributed by atoms with Crippen LogP contribution < -0.4 is 11.2 Å². The summed E-state index contributed by atoms with van der Waals surface area (Å²) in [6, 6.07) is 1.08. The lowest BCUT2D eigenvalue weighted by Crippen LogP contribution is -2.44. The number of halogens is 1. The van der Waals surface area contributed by atoms with Gasteiger partial charge < -0.3 is 9.84 Å². The van der Waals surface area contributed by atoms with E-state index in [2.05, 4.69) is 12.3 Å². The third-order valence-electron chi connectivity index (χ3n) is 3.32. The highest BCUT2D eigenvalue weighted by Crippen LogP contribution is 2.42. The largest absolute Gasteiger partial charge is 0.386 e. The predicted octanol–water partition coefficient (Wildman–Crippen LogP) is 0.254. The summed E-state index contributed by atoms with van der Waals surface area (Å²) in [7, 11) is 0. The van der Waals surface area contributed by atoms with Gasteiger partial charge in [0, 0.05) is 18.3 Å². The molecule has 0 aromatic carbocycles. The van der Waals surface area contributed by atoms with Crippen LogP contribution in [0.15, 0.2) is 40.2 Å². The molecule has 7 heteroatoms. The van der Waals surface area contributed by atoms with Crippen molar-refractivity contribution in [2.45, 2.75) is 37.4 Å². The maximum atomic E-state index is 15.0. The smallest absolute Gasteiger partial charge is 0.330 e. The van der Waals surface area contributed by atoms with Crippen molar-refractivity contribution in [2.75, 3.05) is 0 Å². The number of hydrogen-bond acceptors (Lipinski definition) is 4. The van der Waals surface area contributed by atoms with Gasteiger partial charge in [0.05, 0.1) is 6.10 Å². The van der Waals surface area contributed by atoms with Gasteiger partial charge >= 0.3 is 5.69 Å². The molecule has 108 valence electrons. The molecule has 2 N–H and O–H groups in total. The van der Waals surface area contributed by atoms with E-state index in [0.29, 0.717) is 6.42 Å². The van der Waals surface area contributed by atoms with Crippen molar-refractivity contribution in [1.82, 2.24) is 9.55 Å². The third-order valence-corrected chi connectivity index (χ3v) is 3.32. The Kier molecular flexibility index (Phi) is 3.76. The molecule has 0 amide bonds. The number of aromatic amines is 1. The van der Waals surface area contributed by atoms with Crippen molar-refractivity contribution in [3.63, 3.8) is 0 Å². The average Bonchev–Trinajstić information content (AvgIpc) is 2.63. The third kappa shape index (κ3) is 2.16. The van der Waals surface area contributed by atoms with Crippen LogP contribution in [0.4, 0.5) is 4.39 Å². The normalized spacial score (nSPS) is 32.9. The highest BCUT2D eigenvalue weighted by molar-refractivity contribution is 5.13. The summed E-state index contributed by atoms with van der Waals surface area (Å²) >= 11 is 0. The summed E-state index contributed by atoms with van der Waals surface area (Å²) in [5.74, 6) is 0. The lowest BCUT2D eigenvalue weighted by Gasteiger charge is -2.25. The van der Waals surface area contributed by atoms with E-state index in [-0.39, 0.29) is 0 Å². The van der Waals surface area contributed by atoms with Gasteiger partial charge in [-0.15, -0.1) is 5.73 Å². The van der Waals surface area contributed by atoms with Crippen molar-refractivity contribution in [3.8, 4) is 0 Å². The summed E-state index contributed by atoms with van der Waals surface area (Å²) in [5.41, 5.74) is -1.47. The molecule has 2 heterocycles. The van der Waals surface area contributed by atoms with E-state index >= 15 is 0 Å². The Labute approximate surface area is 113 Å². The molecule has 2 rings (SSSR count). The molecule has 1 aliphatic rings. The van der Waals surface area contributed by atoms with E-state index in [0.717, 1.165) is 22.9 Å². The number of aliphatic hydroxyl groups excluding tert-OH is 1. The summed E-state index contributed by atoms with van der Waals surface area (Å²) < 4.78 is 21.3. The molecule has 1 aliphatic heterocycles. The SMILES string of the molecule is C=C=CC1(F)C(O)C(CC)OC1n1ccc(=O)[nH]c1=O. The maximum Gasteiger partial charge on any atom is 0.330 e. The fraction of sp³-hybridized carbons (Fsp3) is 0.462. The van der Waals surface area contributed by atoms with Gasteiger partial charge in [0.1, 0.15) is 6.10 Å². The van der Waals surface area contributed by atoms with Crippen LogP contribution in [0.5, 0.6) is 0 Å². The zero-order chi connectivity index (χ0) is 14.9. The number of nitrogens with zero attached hydrogens (tertiary/aromatic N) is 1. The van der Waals surface area contributed by atoms with Gasteiger partial charge in [0.25, 0.3) is 5.56 Å². The molecular formula is C13H15FN2O4. The Morgan fingerprint density at radius 1 is 1.70 bits per heavy atom. The van der Waals surface area contributed by atoms with Crippen LogP contribution in [0.1, 0.15) is 19.6 Å². The van der Waals surface area contributed by atoms with Gasteiger partial charge in [-0.2, -0.15) is 0 Å². The molecule has 4 atom stereocenters. The minimum atomic E-state index is -2.34. The number of aliphatic hydroxyl groups is 1. The molecule has 1 saturated heterocycles. The molecule has 1 aromatic rings. The van der Waals surface area contributed by atoms with Crippen molar-refractivity contribution in [1.29, 1.82) is 0 Å². The monoisotopic (exact) mass is 282 g/mol. The van der Waals surface area contributed by atoms with Crippen LogP contribution in [0.25, 0.3) is 0 Å². The van der Waals surface area contributed by atoms with E-state index in [1.165, 1.54) is 0 Å². The van der Waals surface area contributed by atoms with E-state index in [1.54, 1.807) is 6.92 Å². The maximum absolute atomic E-state index is 15.0. The molecule has 1 fully saturated rings. The number of hydrogen-bond donors (Lipinski definition) is 2. The van der Waals surface area contributed by atoms with Crippen LogP contribution in [-0.4, -0.2) is 32.5 Å². The van der Waals surface area contributed by atoms with E-state index in [4.69, 9.17) is 4.74 Å². The summed E-state index contributed by atoms with van der Waals surface area (Å²) in [6.07, 6.45) is -1.18. The standard InChI is InChI=1S/C13H15FN2O4/c1-3-6-13(14)10(18)8(4-2)20-11(13)16-7-5-9(17)15-12(16)19/h5-8,10-11,18H,1,4H2,2H3,(H,15,17,19). The first-order chi connectivity index (χ1) is 9.43. The number of alkyl halides is 1. The van der Waals surface area contributed by atoms with Gasteiger partial charge in [-0.05, 0) is 6.42 Å². The Morgan fingerprint density at radius 3 is 2.95 bits per heavy atom. The molecule has 4 unspecified atom stereocenters. The molecule has 0 radical (unpaired) electrons. The fourth-order valence-electron chi connectivity index (χ4n) is 2.30. The number of H-pyrrole nitrogens is 1. The Bertz CT molecular complexity index is 661. The van der Waals surface area contributed by atoms with Gasteiger partial charge in [0.2, 0.25) is 5.67 Å². The predicted molar refractivity (Wildman–Crippen MR) is 69.1 cm³/mol. The van der Waals surface area contributed by atoms with Crippen LogP contribution >= 0.6 is 0 Å². The van der Waals surface area contributed by atoms with Gasteiger partial charge in [-0.3, -0.25) is 14.3 Å². The van der Waals surface area contributed by atoms with Crippen molar-refractivity contribution in [3.05, 3.63) is 51.5 Å². The molecular weight excluding hydrogens is 267 g/mol. The molecule has 0 saturated carbocycles. The van der Waals surface area contributed by atoms with Gasteiger partial charge in [-0.25, -0.2) is 9.18 Å². The minimum absolute atomic E-state index is 0.367. The number of rotatable bonds is 3. The first-order valence-corrected chi connectivity index (χ1v) is 6.15. The zero-order valence-corrected chi connectivity index (χ0v) is 10.9. The topological polar surface area (TPSA) is 84.3 Å². The van der Waals surface area contributed by atoms with Crippen molar-refractivity contribution < 1.29 is 14.2 Å². The Morgan fingerprint density at radius 2 is 2.40 bits per heavy atom. The molecule has 0 spiro atoms. The lowest BCUT2D eigenvalue weighted by atomic mass is 9.95. The second-order valence-electron chi connectivity index (χ2n) is 4.57. The second kappa shape index (κ2) is 5.20. The van der Waals surface area contributed by atoms with Gasteiger partial charge in [-0.1, -0.05) is 13.5 Å². The number of nitrogens with one attached hydrogen (secondary N) is 1. The highest BCUT2D eigenvalue weighted by Gasteiger charge is 2.56. The van der Waals surface area contributed by atoms with Gasteiger partial charge in [0.15, 0.2) is 6.23 Å². The summed E-state index contributed by atoms with van der Waals surface area (Å²) in [5, 5.41) is 10.0. The second-order valence-corrected chi connectivity index (χ2v) is 4.57. The average molecular weight is 282 g/mol. The molecule has 0 bridgehead atoms. The fourth-order valence-corrected chi connectivity index (χ4v) is 2.30. The molecule has 20 heavy (non-hydrogen) atoms. The quantitative estimate of drug-likeness (QED) is 0.779. The van der Waals surface area contributed by atoms with E-state index in [9.17, 15) is 19.1 Å². The first kappa shape index (κ1) is 14.5. The van der Waals surface area contributed by atoms with E-state index < -0.39 is 35.4 Å². The molecule has 6 nitrogen and oxygen atoms in total. The minimum Gasteiger partial charge on any atom is -0.386 e. The van der Waals surface area contributed by atoms with Crippen molar-refractivity contribution >= 4 is 0 Å². The van der Waals surface area contributed by atoms with E-state index in [1.807, 2.05) is 4.98 Å². The highest BCUT2D eigenvalue weighted by atomic mass is 19.1. The molecule has 1 aromatic heterocycles. The summed E-state index contributed by atoms with van der Waals surface area (Å²) in [6.45, 7) is 5.01. The number of aromatic nitrogens is 2.